The van der Waals surface area contributed by atoms with Crippen molar-refractivity contribution in [2.24, 2.45) is 5.92 Å². The number of nitrogens with zero attached hydrogens (tertiary/aromatic N) is 2. The summed E-state index contributed by atoms with van der Waals surface area (Å²) in [6.07, 6.45) is 3.10. The van der Waals surface area contributed by atoms with Crippen LogP contribution in [0.25, 0.3) is 0 Å². The first-order valence-electron chi connectivity index (χ1n) is 9.08. The summed E-state index contributed by atoms with van der Waals surface area (Å²) < 4.78 is 17.7. The van der Waals surface area contributed by atoms with Gasteiger partial charge < -0.3 is 19.3 Å². The predicted molar refractivity (Wildman–Crippen MR) is 95.2 cm³/mol. The van der Waals surface area contributed by atoms with Gasteiger partial charge in [-0.15, -0.1) is 0 Å². The molecule has 1 fully saturated rings. The van der Waals surface area contributed by atoms with Gasteiger partial charge in [0.1, 0.15) is 24.6 Å². The van der Waals surface area contributed by atoms with Gasteiger partial charge in [-0.1, -0.05) is 31.2 Å². The lowest BCUT2D eigenvalue weighted by molar-refractivity contribution is 0.0102. The number of hydrogen-bond acceptors (Lipinski definition) is 6. The number of ether oxygens (including phenoxy) is 3. The molecule has 0 amide bonds. The molecule has 0 radical (unpaired) electrons. The third-order valence-electron chi connectivity index (χ3n) is 5.35. The summed E-state index contributed by atoms with van der Waals surface area (Å²) in [4.78, 5) is 8.40. The molecule has 1 N–H and O–H groups in total. The van der Waals surface area contributed by atoms with Crippen molar-refractivity contribution < 1.29 is 19.3 Å². The Balaban J connectivity index is 1.44. The lowest BCUT2D eigenvalue weighted by Gasteiger charge is -2.20. The van der Waals surface area contributed by atoms with Crippen molar-refractivity contribution in [3.8, 4) is 11.8 Å². The Morgan fingerprint density at radius 3 is 2.58 bits per heavy atom. The second kappa shape index (κ2) is 7.21. The highest BCUT2D eigenvalue weighted by molar-refractivity contribution is 5.36. The molecule has 4 rings (SSSR count). The van der Waals surface area contributed by atoms with E-state index >= 15 is 0 Å². The molecule has 2 aromatic rings. The summed E-state index contributed by atoms with van der Waals surface area (Å²) in [5.74, 6) is 1.20. The van der Waals surface area contributed by atoms with Gasteiger partial charge in [-0.25, -0.2) is 9.97 Å². The molecule has 1 saturated carbocycles. The first-order valence-corrected chi connectivity index (χ1v) is 9.08. The van der Waals surface area contributed by atoms with Gasteiger partial charge in [-0.2, -0.15) is 0 Å². The fraction of sp³-hybridized carbons (Fsp3) is 0.500. The van der Waals surface area contributed by atoms with E-state index in [1.54, 1.807) is 13.2 Å². The van der Waals surface area contributed by atoms with E-state index in [1.165, 1.54) is 17.5 Å². The highest BCUT2D eigenvalue weighted by atomic mass is 16.5. The molecule has 2 aliphatic rings. The smallest absolute Gasteiger partial charge is 0.220 e. The minimum atomic E-state index is -0.308. The summed E-state index contributed by atoms with van der Waals surface area (Å²) in [5, 5.41) is 9.88. The molecule has 138 valence electrons. The minimum absolute atomic E-state index is 0.0230. The van der Waals surface area contributed by atoms with Crippen LogP contribution in [0.4, 0.5) is 0 Å². The molecule has 0 unspecified atom stereocenters. The van der Waals surface area contributed by atoms with Crippen LogP contribution in [0.2, 0.25) is 0 Å². The molecule has 26 heavy (non-hydrogen) atoms. The molecule has 0 aliphatic heterocycles. The molecule has 6 heteroatoms. The van der Waals surface area contributed by atoms with E-state index < -0.39 is 0 Å². The van der Waals surface area contributed by atoms with Crippen LogP contribution in [0.15, 0.2) is 36.7 Å². The molecule has 0 spiro atoms. The van der Waals surface area contributed by atoms with Crippen LogP contribution < -0.4 is 9.47 Å². The minimum Gasteiger partial charge on any atom is -0.474 e. The van der Waals surface area contributed by atoms with Crippen LogP contribution in [0.5, 0.6) is 11.8 Å². The van der Waals surface area contributed by atoms with Crippen LogP contribution in [-0.4, -0.2) is 40.5 Å². The largest absolute Gasteiger partial charge is 0.474 e. The number of hydrogen-bond donors (Lipinski definition) is 1. The maximum Gasteiger partial charge on any atom is 0.220 e. The number of methoxy groups -OCH3 is 1. The van der Waals surface area contributed by atoms with Gasteiger partial charge >= 0.3 is 0 Å². The van der Waals surface area contributed by atoms with Gasteiger partial charge in [-0.3, -0.25) is 0 Å². The predicted octanol–water partition coefficient (Wildman–Crippen LogP) is 2.71. The van der Waals surface area contributed by atoms with Crippen LogP contribution in [0.1, 0.15) is 37.0 Å². The second-order valence-corrected chi connectivity index (χ2v) is 7.17. The number of fused-ring (bicyclic) bond motifs is 1. The first kappa shape index (κ1) is 17.2. The SMILES string of the molecule is CO[C@@H]1c2ccccc2C[C@@H]1Oc1cc(O[C@@H]2C[C@H](C)[C@@H](O)C2)ncn1. The molecule has 1 heterocycles. The average Bonchev–Trinajstić information content (AvgIpc) is 3.14. The lowest BCUT2D eigenvalue weighted by atomic mass is 10.1. The fourth-order valence-electron chi connectivity index (χ4n) is 3.95. The number of aromatic nitrogens is 2. The van der Waals surface area contributed by atoms with E-state index in [0.29, 0.717) is 18.2 Å². The molecular weight excluding hydrogens is 332 g/mol. The fourth-order valence-corrected chi connectivity index (χ4v) is 3.95. The van der Waals surface area contributed by atoms with Crippen LogP contribution in [-0.2, 0) is 11.2 Å². The molecule has 5 atom stereocenters. The van der Waals surface area contributed by atoms with Crippen molar-refractivity contribution >= 4 is 0 Å². The molecular formula is C20H24N2O4. The van der Waals surface area contributed by atoms with Crippen molar-refractivity contribution in [3.05, 3.63) is 47.8 Å². The Kier molecular flexibility index (Phi) is 4.78. The molecule has 1 aromatic heterocycles. The van der Waals surface area contributed by atoms with Crippen molar-refractivity contribution in [1.29, 1.82) is 0 Å². The summed E-state index contributed by atoms with van der Waals surface area (Å²) in [7, 11) is 1.70. The number of aliphatic hydroxyl groups excluding tert-OH is 1. The van der Waals surface area contributed by atoms with Crippen LogP contribution in [0.3, 0.4) is 0 Å². The molecule has 2 aliphatic carbocycles. The number of benzene rings is 1. The molecule has 1 aromatic carbocycles. The summed E-state index contributed by atoms with van der Waals surface area (Å²) in [5.41, 5.74) is 2.41. The Bertz CT molecular complexity index is 759. The van der Waals surface area contributed by atoms with Crippen molar-refractivity contribution in [3.63, 3.8) is 0 Å². The summed E-state index contributed by atoms with van der Waals surface area (Å²) in [6.45, 7) is 2.03. The zero-order valence-electron chi connectivity index (χ0n) is 15.0. The van der Waals surface area contributed by atoms with Gasteiger partial charge in [0.25, 0.3) is 0 Å². The van der Waals surface area contributed by atoms with Crippen molar-refractivity contribution in [2.75, 3.05) is 7.11 Å². The Morgan fingerprint density at radius 1 is 1.08 bits per heavy atom. The Labute approximate surface area is 153 Å². The Hall–Kier alpha value is -2.18. The van der Waals surface area contributed by atoms with E-state index in [0.717, 1.165) is 12.8 Å². The maximum absolute atomic E-state index is 9.88. The van der Waals surface area contributed by atoms with Gasteiger partial charge in [0.15, 0.2) is 0 Å². The van der Waals surface area contributed by atoms with E-state index in [4.69, 9.17) is 14.2 Å². The molecule has 6 nitrogen and oxygen atoms in total. The normalized spacial score (nSPS) is 30.2. The first-order chi connectivity index (χ1) is 12.6. The van der Waals surface area contributed by atoms with Crippen molar-refractivity contribution in [2.45, 2.75) is 50.6 Å². The van der Waals surface area contributed by atoms with Crippen molar-refractivity contribution in [1.82, 2.24) is 9.97 Å². The third kappa shape index (κ3) is 3.39. The second-order valence-electron chi connectivity index (χ2n) is 7.17. The zero-order chi connectivity index (χ0) is 18.1. The van der Waals surface area contributed by atoms with Gasteiger partial charge in [-0.05, 0) is 23.5 Å². The zero-order valence-corrected chi connectivity index (χ0v) is 15.0. The standard InChI is InChI=1S/C20H24N2O4/c1-12-7-14(9-16(12)23)25-18-10-19(22-11-21-18)26-17-8-13-5-3-4-6-15(13)20(17)24-2/h3-6,10-12,14,16-17,20,23H,7-9H2,1-2H3/t12-,14+,16-,17-,20+/m0/s1. The summed E-state index contributed by atoms with van der Waals surface area (Å²) in [6, 6.07) is 9.94. The highest BCUT2D eigenvalue weighted by Crippen LogP contribution is 2.36. The van der Waals surface area contributed by atoms with E-state index in [-0.39, 0.29) is 30.3 Å². The Morgan fingerprint density at radius 2 is 1.85 bits per heavy atom. The number of aliphatic hydroxyl groups is 1. The van der Waals surface area contributed by atoms with E-state index in [9.17, 15) is 5.11 Å². The average molecular weight is 356 g/mol. The van der Waals surface area contributed by atoms with Crippen LogP contribution in [0, 0.1) is 5.92 Å². The van der Waals surface area contributed by atoms with E-state index in [1.807, 2.05) is 19.1 Å². The van der Waals surface area contributed by atoms with Gasteiger partial charge in [0, 0.05) is 20.0 Å². The van der Waals surface area contributed by atoms with Gasteiger partial charge in [0.05, 0.1) is 12.2 Å². The molecule has 0 saturated heterocycles. The van der Waals surface area contributed by atoms with Gasteiger partial charge in [0.2, 0.25) is 11.8 Å². The number of rotatable bonds is 5. The lowest BCUT2D eigenvalue weighted by Crippen LogP contribution is -2.23. The van der Waals surface area contributed by atoms with E-state index in [2.05, 4.69) is 22.1 Å². The quantitative estimate of drug-likeness (QED) is 0.888. The highest BCUT2D eigenvalue weighted by Gasteiger charge is 2.35. The third-order valence-corrected chi connectivity index (χ3v) is 5.35. The van der Waals surface area contributed by atoms with Crippen LogP contribution >= 0.6 is 0 Å². The monoisotopic (exact) mass is 356 g/mol. The summed E-state index contributed by atoms with van der Waals surface area (Å²) >= 11 is 0. The topological polar surface area (TPSA) is 73.7 Å². The maximum atomic E-state index is 9.88. The molecule has 0 bridgehead atoms.